The van der Waals surface area contributed by atoms with Crippen LogP contribution < -0.4 is 0 Å². The van der Waals surface area contributed by atoms with Gasteiger partial charge in [-0.3, -0.25) is 4.21 Å². The van der Waals surface area contributed by atoms with E-state index in [4.69, 9.17) is 16.3 Å². The third-order valence-corrected chi connectivity index (χ3v) is 5.33. The molecule has 0 aromatic carbocycles. The second kappa shape index (κ2) is 7.13. The Morgan fingerprint density at radius 1 is 1.48 bits per heavy atom. The molecular formula is C15H22ClN3O3S. The molecule has 2 heterocycles. The normalized spacial score (nSPS) is 20.2. The molecule has 1 saturated heterocycles. The van der Waals surface area contributed by atoms with E-state index in [1.54, 1.807) is 18.0 Å². The number of halogens is 1. The molecule has 128 valence electrons. The van der Waals surface area contributed by atoms with E-state index in [2.05, 4.69) is 9.97 Å². The molecule has 8 heteroatoms. The molecule has 1 aliphatic rings. The number of carbonyl (C=O) groups excluding carboxylic acids is 1. The fourth-order valence-electron chi connectivity index (χ4n) is 2.26. The summed E-state index contributed by atoms with van der Waals surface area (Å²) >= 11 is 5.98. The minimum Gasteiger partial charge on any atom is -0.444 e. The van der Waals surface area contributed by atoms with Crippen molar-refractivity contribution in [3.05, 3.63) is 16.9 Å². The van der Waals surface area contributed by atoms with Crippen molar-refractivity contribution in [1.29, 1.82) is 0 Å². The van der Waals surface area contributed by atoms with E-state index >= 15 is 0 Å². The molecule has 0 saturated carbocycles. The van der Waals surface area contributed by atoms with Crippen LogP contribution in [0.4, 0.5) is 4.79 Å². The third-order valence-electron chi connectivity index (χ3n) is 3.40. The van der Waals surface area contributed by atoms with E-state index in [1.807, 2.05) is 20.8 Å². The molecule has 23 heavy (non-hydrogen) atoms. The van der Waals surface area contributed by atoms with Gasteiger partial charge in [-0.1, -0.05) is 11.6 Å². The number of hydrogen-bond donors (Lipinski definition) is 0. The summed E-state index contributed by atoms with van der Waals surface area (Å²) in [6.07, 6.45) is 2.72. The number of piperidine rings is 1. The average molecular weight is 360 g/mol. The van der Waals surface area contributed by atoms with Crippen molar-refractivity contribution in [3.8, 4) is 0 Å². The maximum absolute atomic E-state index is 12.7. The van der Waals surface area contributed by atoms with Gasteiger partial charge in [-0.05, 0) is 40.5 Å². The number of amides is 1. The number of ether oxygens (including phenoxy) is 1. The molecule has 1 amide bonds. The maximum atomic E-state index is 12.7. The number of rotatable bonds is 2. The van der Waals surface area contributed by atoms with Crippen LogP contribution in [-0.4, -0.2) is 49.1 Å². The lowest BCUT2D eigenvalue weighted by molar-refractivity contribution is 0.0219. The Balaban J connectivity index is 2.07. The minimum absolute atomic E-state index is 0.213. The molecule has 0 bridgehead atoms. The van der Waals surface area contributed by atoms with Crippen molar-refractivity contribution in [2.24, 2.45) is 0 Å². The minimum atomic E-state index is -1.40. The van der Waals surface area contributed by atoms with Crippen molar-refractivity contribution in [2.75, 3.05) is 13.1 Å². The van der Waals surface area contributed by atoms with E-state index < -0.39 is 16.4 Å². The summed E-state index contributed by atoms with van der Waals surface area (Å²) in [6.45, 7) is 8.25. The smallest absolute Gasteiger partial charge is 0.410 e. The van der Waals surface area contributed by atoms with Crippen molar-refractivity contribution >= 4 is 28.5 Å². The van der Waals surface area contributed by atoms with Gasteiger partial charge in [0, 0.05) is 24.8 Å². The SMILES string of the molecule is Cc1cnc([S@@](=O)[C@@H]2CCCN(C(=O)OC(C)(C)C)C2)nc1Cl. The number of aryl methyl sites for hydroxylation is 1. The molecule has 0 N–H and O–H groups in total. The molecule has 0 aliphatic carbocycles. The van der Waals surface area contributed by atoms with Crippen LogP contribution in [0, 0.1) is 6.92 Å². The van der Waals surface area contributed by atoms with E-state index in [-0.39, 0.29) is 16.5 Å². The monoisotopic (exact) mass is 359 g/mol. The Labute approximate surface area is 144 Å². The van der Waals surface area contributed by atoms with Gasteiger partial charge in [0.15, 0.2) is 0 Å². The third kappa shape index (κ3) is 4.88. The summed E-state index contributed by atoms with van der Waals surface area (Å²) in [6, 6.07) is 0. The first-order valence-electron chi connectivity index (χ1n) is 7.55. The first-order valence-corrected chi connectivity index (χ1v) is 9.14. The lowest BCUT2D eigenvalue weighted by Crippen LogP contribution is -2.46. The van der Waals surface area contributed by atoms with E-state index in [0.29, 0.717) is 18.2 Å². The zero-order chi connectivity index (χ0) is 17.2. The topological polar surface area (TPSA) is 72.4 Å². The lowest BCUT2D eigenvalue weighted by Gasteiger charge is -2.33. The van der Waals surface area contributed by atoms with E-state index in [1.165, 1.54) is 0 Å². The predicted octanol–water partition coefficient (Wildman–Crippen LogP) is 2.95. The molecule has 1 fully saturated rings. The fraction of sp³-hybridized carbons (Fsp3) is 0.667. The highest BCUT2D eigenvalue weighted by Gasteiger charge is 2.31. The van der Waals surface area contributed by atoms with Gasteiger partial charge in [-0.2, -0.15) is 0 Å². The van der Waals surface area contributed by atoms with Gasteiger partial charge in [0.1, 0.15) is 10.8 Å². The zero-order valence-electron chi connectivity index (χ0n) is 13.8. The Morgan fingerprint density at radius 3 is 2.78 bits per heavy atom. The molecule has 0 radical (unpaired) electrons. The second-order valence-electron chi connectivity index (χ2n) is 6.61. The quantitative estimate of drug-likeness (QED) is 0.599. The lowest BCUT2D eigenvalue weighted by atomic mass is 10.1. The molecule has 1 aliphatic heterocycles. The van der Waals surface area contributed by atoms with Crippen LogP contribution in [0.3, 0.4) is 0 Å². The van der Waals surface area contributed by atoms with Crippen molar-refractivity contribution < 1.29 is 13.7 Å². The Bertz CT molecular complexity index is 618. The second-order valence-corrected chi connectivity index (χ2v) is 8.60. The standard InChI is InChI=1S/C15H22ClN3O3S/c1-10-8-17-13(18-12(10)16)23(21)11-6-5-7-19(9-11)14(20)22-15(2,3)4/h8,11H,5-7,9H2,1-4H3/t11-,23+/m1/s1. The van der Waals surface area contributed by atoms with Gasteiger partial charge in [0.05, 0.1) is 16.0 Å². The summed E-state index contributed by atoms with van der Waals surface area (Å²) < 4.78 is 18.0. The van der Waals surface area contributed by atoms with Crippen LogP contribution in [0.2, 0.25) is 5.15 Å². The maximum Gasteiger partial charge on any atom is 0.410 e. The molecule has 1 aromatic rings. The highest BCUT2D eigenvalue weighted by Crippen LogP contribution is 2.22. The summed E-state index contributed by atoms with van der Waals surface area (Å²) in [5.41, 5.74) is 0.197. The van der Waals surface area contributed by atoms with Crippen LogP contribution in [0.1, 0.15) is 39.2 Å². The van der Waals surface area contributed by atoms with Crippen LogP contribution in [-0.2, 0) is 15.5 Å². The van der Waals surface area contributed by atoms with Crippen LogP contribution in [0.25, 0.3) is 0 Å². The van der Waals surface area contributed by atoms with Gasteiger partial charge >= 0.3 is 6.09 Å². The highest BCUT2D eigenvalue weighted by molar-refractivity contribution is 7.85. The van der Waals surface area contributed by atoms with Gasteiger partial charge in [-0.15, -0.1) is 0 Å². The molecule has 1 aromatic heterocycles. The molecule has 2 rings (SSSR count). The van der Waals surface area contributed by atoms with Gasteiger partial charge in [0.25, 0.3) is 0 Å². The van der Waals surface area contributed by atoms with Gasteiger partial charge < -0.3 is 9.64 Å². The average Bonchev–Trinajstić information content (AvgIpc) is 2.48. The van der Waals surface area contributed by atoms with Crippen LogP contribution >= 0.6 is 11.6 Å². The first-order chi connectivity index (χ1) is 10.7. The number of carbonyl (C=O) groups is 1. The van der Waals surface area contributed by atoms with E-state index in [9.17, 15) is 9.00 Å². The summed E-state index contributed by atoms with van der Waals surface area (Å²) in [4.78, 5) is 22.0. The predicted molar refractivity (Wildman–Crippen MR) is 89.0 cm³/mol. The summed E-state index contributed by atoms with van der Waals surface area (Å²) in [5.74, 6) is 0. The van der Waals surface area contributed by atoms with Crippen molar-refractivity contribution in [3.63, 3.8) is 0 Å². The first kappa shape index (κ1) is 18.1. The number of aromatic nitrogens is 2. The summed E-state index contributed by atoms with van der Waals surface area (Å²) in [5, 5.41) is 0.315. The highest BCUT2D eigenvalue weighted by atomic mass is 35.5. The number of likely N-dealkylation sites (tertiary alicyclic amines) is 1. The molecule has 2 atom stereocenters. The van der Waals surface area contributed by atoms with Gasteiger partial charge in [0.2, 0.25) is 5.16 Å². The molecule has 6 nitrogen and oxygen atoms in total. The van der Waals surface area contributed by atoms with Crippen LogP contribution in [0.15, 0.2) is 11.4 Å². The zero-order valence-corrected chi connectivity index (χ0v) is 15.4. The number of hydrogen-bond acceptors (Lipinski definition) is 5. The molecule has 0 unspecified atom stereocenters. The molecule has 0 spiro atoms. The Kier molecular flexibility index (Phi) is 5.62. The Hall–Kier alpha value is -1.21. The largest absolute Gasteiger partial charge is 0.444 e. The van der Waals surface area contributed by atoms with Crippen molar-refractivity contribution in [2.45, 2.75) is 56.5 Å². The fourth-order valence-corrected chi connectivity index (χ4v) is 3.77. The summed E-state index contributed by atoms with van der Waals surface area (Å²) in [7, 11) is -1.40. The van der Waals surface area contributed by atoms with Crippen molar-refractivity contribution in [1.82, 2.24) is 14.9 Å². The molecular weight excluding hydrogens is 338 g/mol. The van der Waals surface area contributed by atoms with Crippen LogP contribution in [0.5, 0.6) is 0 Å². The number of nitrogens with zero attached hydrogens (tertiary/aromatic N) is 3. The van der Waals surface area contributed by atoms with E-state index in [0.717, 1.165) is 18.4 Å². The Morgan fingerprint density at radius 2 is 2.17 bits per heavy atom. The van der Waals surface area contributed by atoms with Gasteiger partial charge in [-0.25, -0.2) is 14.8 Å².